The highest BCUT2D eigenvalue weighted by Gasteiger charge is 2.21. The second-order valence-electron chi connectivity index (χ2n) is 6.14. The predicted molar refractivity (Wildman–Crippen MR) is 87.4 cm³/mol. The first-order valence-electron chi connectivity index (χ1n) is 7.57. The molecular weight excluding hydrogens is 306 g/mol. The Hall–Kier alpha value is -0.580. The van der Waals surface area contributed by atoms with Crippen LogP contribution in [0.3, 0.4) is 0 Å². The molecule has 1 aliphatic carbocycles. The maximum absolute atomic E-state index is 11.8. The summed E-state index contributed by atoms with van der Waals surface area (Å²) >= 11 is 6.18. The lowest BCUT2D eigenvalue weighted by atomic mass is 9.80. The van der Waals surface area contributed by atoms with Crippen LogP contribution in [0, 0.1) is 11.8 Å². The topological polar surface area (TPSA) is 46.2 Å². The monoisotopic (exact) mass is 329 g/mol. The summed E-state index contributed by atoms with van der Waals surface area (Å²) in [5.41, 5.74) is 0.685. The lowest BCUT2D eigenvalue weighted by Crippen LogP contribution is -2.29. The van der Waals surface area contributed by atoms with Gasteiger partial charge in [0.1, 0.15) is 0 Å². The van der Waals surface area contributed by atoms with Crippen molar-refractivity contribution < 1.29 is 8.42 Å². The second kappa shape index (κ2) is 7.12. The van der Waals surface area contributed by atoms with Crippen molar-refractivity contribution in [1.82, 2.24) is 5.32 Å². The first-order valence-corrected chi connectivity index (χ1v) is 9.84. The third kappa shape index (κ3) is 4.44. The van der Waals surface area contributed by atoms with Crippen LogP contribution in [-0.4, -0.2) is 21.2 Å². The fourth-order valence-electron chi connectivity index (χ4n) is 3.14. The minimum absolute atomic E-state index is 0.333. The van der Waals surface area contributed by atoms with Gasteiger partial charge in [0.05, 0.1) is 4.90 Å². The van der Waals surface area contributed by atoms with Gasteiger partial charge in [0.25, 0.3) is 0 Å². The number of rotatable bonds is 5. The van der Waals surface area contributed by atoms with Gasteiger partial charge in [-0.3, -0.25) is 0 Å². The molecule has 1 N–H and O–H groups in total. The zero-order valence-corrected chi connectivity index (χ0v) is 14.3. The van der Waals surface area contributed by atoms with Gasteiger partial charge in [0, 0.05) is 23.4 Å². The summed E-state index contributed by atoms with van der Waals surface area (Å²) in [6.45, 7) is 3.74. The molecule has 21 heavy (non-hydrogen) atoms. The Bertz CT molecular complexity index is 586. The quantitative estimate of drug-likeness (QED) is 0.896. The smallest absolute Gasteiger partial charge is 0.175 e. The molecule has 0 radical (unpaired) electrons. The molecule has 1 saturated carbocycles. The highest BCUT2D eigenvalue weighted by Crippen LogP contribution is 2.29. The summed E-state index contributed by atoms with van der Waals surface area (Å²) < 4.78 is 23.7. The number of benzene rings is 1. The van der Waals surface area contributed by atoms with Gasteiger partial charge in [-0.25, -0.2) is 8.42 Å². The standard InChI is InChI=1S/C16H24ClNO2S/c1-12-6-3-4-7-13(12)10-18-11-14-15(17)8-5-9-16(14)21(2,19)20/h5,8-9,12-13,18H,3-4,6-7,10-11H2,1-2H3. The summed E-state index contributed by atoms with van der Waals surface area (Å²) in [6, 6.07) is 5.06. The third-order valence-electron chi connectivity index (χ3n) is 4.47. The number of hydrogen-bond donors (Lipinski definition) is 1. The van der Waals surface area contributed by atoms with E-state index in [1.807, 2.05) is 0 Å². The number of sulfone groups is 1. The average Bonchev–Trinajstić information content (AvgIpc) is 2.41. The van der Waals surface area contributed by atoms with Gasteiger partial charge in [-0.1, -0.05) is 43.9 Å². The molecule has 0 amide bonds. The third-order valence-corrected chi connectivity index (χ3v) is 6.01. The van der Waals surface area contributed by atoms with Gasteiger partial charge in [0.2, 0.25) is 0 Å². The maximum atomic E-state index is 11.8. The molecule has 0 aliphatic heterocycles. The summed E-state index contributed by atoms with van der Waals surface area (Å²) in [6.07, 6.45) is 6.42. The molecule has 0 heterocycles. The van der Waals surface area contributed by atoms with E-state index in [9.17, 15) is 8.42 Å². The molecule has 0 bridgehead atoms. The molecule has 1 aromatic rings. The Morgan fingerprint density at radius 1 is 1.29 bits per heavy atom. The van der Waals surface area contributed by atoms with Crippen molar-refractivity contribution in [3.8, 4) is 0 Å². The van der Waals surface area contributed by atoms with E-state index in [-0.39, 0.29) is 0 Å². The Kier molecular flexibility index (Phi) is 5.69. The van der Waals surface area contributed by atoms with Gasteiger partial charge in [0.15, 0.2) is 9.84 Å². The fourth-order valence-corrected chi connectivity index (χ4v) is 4.39. The molecule has 2 unspecified atom stereocenters. The van der Waals surface area contributed by atoms with Crippen molar-refractivity contribution >= 4 is 21.4 Å². The van der Waals surface area contributed by atoms with E-state index in [1.54, 1.807) is 18.2 Å². The van der Waals surface area contributed by atoms with Crippen LogP contribution in [0.1, 0.15) is 38.2 Å². The molecule has 1 fully saturated rings. The molecule has 0 aromatic heterocycles. The zero-order valence-electron chi connectivity index (χ0n) is 12.7. The van der Waals surface area contributed by atoms with Crippen molar-refractivity contribution in [2.24, 2.45) is 11.8 Å². The molecule has 1 aromatic carbocycles. The molecular formula is C16H24ClNO2S. The van der Waals surface area contributed by atoms with Crippen molar-refractivity contribution in [3.05, 3.63) is 28.8 Å². The largest absolute Gasteiger partial charge is 0.312 e. The van der Waals surface area contributed by atoms with Crippen molar-refractivity contribution in [1.29, 1.82) is 0 Å². The SMILES string of the molecule is CC1CCCCC1CNCc1c(Cl)cccc1S(C)(=O)=O. The van der Waals surface area contributed by atoms with E-state index in [1.165, 1.54) is 31.9 Å². The fraction of sp³-hybridized carbons (Fsp3) is 0.625. The van der Waals surface area contributed by atoms with Crippen molar-refractivity contribution in [3.63, 3.8) is 0 Å². The van der Waals surface area contributed by atoms with Gasteiger partial charge >= 0.3 is 0 Å². The highest BCUT2D eigenvalue weighted by atomic mass is 35.5. The van der Waals surface area contributed by atoms with Crippen molar-refractivity contribution in [2.45, 2.75) is 44.0 Å². The normalized spacial score (nSPS) is 23.2. The first kappa shape index (κ1) is 16.8. The number of nitrogens with one attached hydrogen (secondary N) is 1. The van der Waals surface area contributed by atoms with E-state index in [2.05, 4.69) is 12.2 Å². The Morgan fingerprint density at radius 3 is 2.67 bits per heavy atom. The highest BCUT2D eigenvalue weighted by molar-refractivity contribution is 7.90. The van der Waals surface area contributed by atoms with Gasteiger partial charge in [-0.15, -0.1) is 0 Å². The van der Waals surface area contributed by atoms with Crippen LogP contribution < -0.4 is 5.32 Å². The molecule has 5 heteroatoms. The molecule has 3 nitrogen and oxygen atoms in total. The molecule has 2 rings (SSSR count). The lowest BCUT2D eigenvalue weighted by molar-refractivity contribution is 0.247. The minimum atomic E-state index is -3.25. The van der Waals surface area contributed by atoms with E-state index < -0.39 is 9.84 Å². The van der Waals surface area contributed by atoms with Crippen LogP contribution in [0.25, 0.3) is 0 Å². The van der Waals surface area contributed by atoms with Gasteiger partial charge < -0.3 is 5.32 Å². The average molecular weight is 330 g/mol. The molecule has 0 saturated heterocycles. The van der Waals surface area contributed by atoms with E-state index in [0.717, 1.165) is 12.5 Å². The Balaban J connectivity index is 2.03. The number of halogens is 1. The van der Waals surface area contributed by atoms with Gasteiger partial charge in [-0.05, 0) is 36.9 Å². The molecule has 1 aliphatic rings. The lowest BCUT2D eigenvalue weighted by Gasteiger charge is -2.29. The van der Waals surface area contributed by atoms with Crippen LogP contribution in [0.15, 0.2) is 23.1 Å². The van der Waals surface area contributed by atoms with Crippen molar-refractivity contribution in [2.75, 3.05) is 12.8 Å². The molecule has 118 valence electrons. The van der Waals surface area contributed by atoms with Crippen LogP contribution in [0.4, 0.5) is 0 Å². The summed E-state index contributed by atoms with van der Waals surface area (Å²) in [4.78, 5) is 0.333. The number of hydrogen-bond acceptors (Lipinski definition) is 3. The first-order chi connectivity index (χ1) is 9.89. The van der Waals surface area contributed by atoms with E-state index in [0.29, 0.717) is 27.9 Å². The summed E-state index contributed by atoms with van der Waals surface area (Å²) in [7, 11) is -3.25. The minimum Gasteiger partial charge on any atom is -0.312 e. The van der Waals surface area contributed by atoms with Crippen LogP contribution in [0.5, 0.6) is 0 Å². The van der Waals surface area contributed by atoms with Gasteiger partial charge in [-0.2, -0.15) is 0 Å². The maximum Gasteiger partial charge on any atom is 0.175 e. The van der Waals surface area contributed by atoms with Crippen LogP contribution in [-0.2, 0) is 16.4 Å². The van der Waals surface area contributed by atoms with E-state index >= 15 is 0 Å². The van der Waals surface area contributed by atoms with Crippen LogP contribution >= 0.6 is 11.6 Å². The predicted octanol–water partition coefficient (Wildman–Crippen LogP) is 3.66. The van der Waals surface area contributed by atoms with E-state index in [4.69, 9.17) is 11.6 Å². The Labute approximate surface area is 133 Å². The molecule has 2 atom stereocenters. The second-order valence-corrected chi connectivity index (χ2v) is 8.53. The Morgan fingerprint density at radius 2 is 2.00 bits per heavy atom. The summed E-state index contributed by atoms with van der Waals surface area (Å²) in [5, 5.41) is 3.92. The zero-order chi connectivity index (χ0) is 15.5. The summed E-state index contributed by atoms with van der Waals surface area (Å²) in [5.74, 6) is 1.43. The molecule has 0 spiro atoms. The van der Waals surface area contributed by atoms with Crippen LogP contribution in [0.2, 0.25) is 5.02 Å².